The van der Waals surface area contributed by atoms with E-state index in [9.17, 15) is 9.36 Å². The van der Waals surface area contributed by atoms with Gasteiger partial charge in [-0.05, 0) is 6.92 Å². The third kappa shape index (κ3) is 12.0. The van der Waals surface area contributed by atoms with E-state index in [0.717, 1.165) is 0 Å². The Hall–Kier alpha value is -0.760. The molecule has 0 heterocycles. The summed E-state index contributed by atoms with van der Waals surface area (Å²) in [6, 6.07) is 0. The van der Waals surface area contributed by atoms with E-state index in [1.165, 1.54) is 0 Å². The van der Waals surface area contributed by atoms with Crippen LogP contribution in [0.2, 0.25) is 0 Å². The first-order valence-corrected chi connectivity index (χ1v) is 7.10. The second-order valence-corrected chi connectivity index (χ2v) is 4.55. The zero-order chi connectivity index (χ0) is 14.7. The lowest BCUT2D eigenvalue weighted by atomic mass is 10.3. The molecule has 0 bridgehead atoms. The summed E-state index contributed by atoms with van der Waals surface area (Å²) in [7, 11) is -4.43. The standard InChI is InChI=1S/C10H19O8P/c1-3-17-10(11)9(2)8-16-5-4-15-6-7-18-19(12,13)14/h2-8H2,1H3,(H2,12,13,14). The summed E-state index contributed by atoms with van der Waals surface area (Å²) in [5.41, 5.74) is 0.215. The van der Waals surface area contributed by atoms with E-state index in [2.05, 4.69) is 11.1 Å². The van der Waals surface area contributed by atoms with Crippen molar-refractivity contribution in [3.8, 4) is 0 Å². The van der Waals surface area contributed by atoms with Gasteiger partial charge in [-0.2, -0.15) is 0 Å². The monoisotopic (exact) mass is 298 g/mol. The predicted molar refractivity (Wildman–Crippen MR) is 65.4 cm³/mol. The van der Waals surface area contributed by atoms with Crippen molar-refractivity contribution in [2.24, 2.45) is 0 Å². The predicted octanol–water partition coefficient (Wildman–Crippen LogP) is 0.248. The van der Waals surface area contributed by atoms with Gasteiger partial charge in [0, 0.05) is 0 Å². The Morgan fingerprint density at radius 1 is 1.16 bits per heavy atom. The first-order valence-electron chi connectivity index (χ1n) is 5.57. The summed E-state index contributed by atoms with van der Waals surface area (Å²) in [5, 5.41) is 0. The van der Waals surface area contributed by atoms with Gasteiger partial charge in [0.15, 0.2) is 0 Å². The minimum atomic E-state index is -4.43. The molecule has 0 saturated heterocycles. The number of rotatable bonds is 11. The number of phosphoric acid groups is 1. The van der Waals surface area contributed by atoms with Gasteiger partial charge in [-0.3, -0.25) is 4.52 Å². The molecule has 9 heteroatoms. The third-order valence-electron chi connectivity index (χ3n) is 1.70. The molecule has 0 aromatic carbocycles. The smallest absolute Gasteiger partial charge is 0.463 e. The molecule has 0 spiro atoms. The molecule has 0 atom stereocenters. The number of carbonyl (C=O) groups is 1. The molecule has 0 unspecified atom stereocenters. The van der Waals surface area contributed by atoms with Crippen molar-refractivity contribution in [1.29, 1.82) is 0 Å². The summed E-state index contributed by atoms with van der Waals surface area (Å²) in [4.78, 5) is 27.9. The summed E-state index contributed by atoms with van der Waals surface area (Å²) < 4.78 is 29.2. The van der Waals surface area contributed by atoms with Gasteiger partial charge in [-0.25, -0.2) is 9.36 Å². The number of phosphoric ester groups is 1. The van der Waals surface area contributed by atoms with Crippen molar-refractivity contribution in [1.82, 2.24) is 0 Å². The number of carbonyl (C=O) groups excluding carboxylic acids is 1. The maximum absolute atomic E-state index is 11.1. The van der Waals surface area contributed by atoms with Crippen molar-refractivity contribution in [2.45, 2.75) is 6.92 Å². The average Bonchev–Trinajstić information content (AvgIpc) is 2.31. The van der Waals surface area contributed by atoms with Crippen LogP contribution >= 0.6 is 7.82 Å². The van der Waals surface area contributed by atoms with Gasteiger partial charge in [-0.1, -0.05) is 6.58 Å². The fraction of sp³-hybridized carbons (Fsp3) is 0.700. The molecule has 0 radical (unpaired) electrons. The van der Waals surface area contributed by atoms with Gasteiger partial charge in [0.05, 0.1) is 45.2 Å². The maximum atomic E-state index is 11.1. The fourth-order valence-corrected chi connectivity index (χ4v) is 1.23. The lowest BCUT2D eigenvalue weighted by molar-refractivity contribution is -0.139. The van der Waals surface area contributed by atoms with Gasteiger partial charge in [0.2, 0.25) is 0 Å². The first kappa shape index (κ1) is 18.2. The highest BCUT2D eigenvalue weighted by atomic mass is 31.2. The summed E-state index contributed by atoms with van der Waals surface area (Å²) in [6.07, 6.45) is 0. The summed E-state index contributed by atoms with van der Waals surface area (Å²) in [6.45, 7) is 5.77. The SMILES string of the molecule is C=C(COCCOCCOP(=O)(O)O)C(=O)OCC. The topological polar surface area (TPSA) is 112 Å². The highest BCUT2D eigenvalue weighted by Gasteiger charge is 2.12. The quantitative estimate of drug-likeness (QED) is 0.242. The molecule has 0 amide bonds. The van der Waals surface area contributed by atoms with E-state index in [1.54, 1.807) is 6.92 Å². The van der Waals surface area contributed by atoms with Crippen LogP contribution in [0.25, 0.3) is 0 Å². The number of esters is 1. The van der Waals surface area contributed by atoms with Crippen LogP contribution in [0.1, 0.15) is 6.92 Å². The van der Waals surface area contributed by atoms with Crippen LogP contribution in [0, 0.1) is 0 Å². The second-order valence-electron chi connectivity index (χ2n) is 3.31. The Labute approximate surface area is 111 Å². The Kier molecular flexibility index (Phi) is 9.68. The lowest BCUT2D eigenvalue weighted by Gasteiger charge is -2.08. The Morgan fingerprint density at radius 3 is 2.32 bits per heavy atom. The molecule has 0 aliphatic rings. The second kappa shape index (κ2) is 10.1. The molecule has 0 aromatic heterocycles. The maximum Gasteiger partial charge on any atom is 0.469 e. The van der Waals surface area contributed by atoms with Crippen LogP contribution in [0.3, 0.4) is 0 Å². The number of hydrogen-bond acceptors (Lipinski definition) is 6. The molecule has 0 rings (SSSR count). The minimum Gasteiger partial charge on any atom is -0.463 e. The molecular weight excluding hydrogens is 279 g/mol. The molecule has 19 heavy (non-hydrogen) atoms. The molecule has 0 saturated carbocycles. The van der Waals surface area contributed by atoms with E-state index in [0.29, 0.717) is 0 Å². The molecule has 0 aliphatic heterocycles. The van der Waals surface area contributed by atoms with Gasteiger partial charge in [-0.15, -0.1) is 0 Å². The zero-order valence-electron chi connectivity index (χ0n) is 10.7. The Balaban J connectivity index is 3.39. The lowest BCUT2D eigenvalue weighted by Crippen LogP contribution is -2.14. The van der Waals surface area contributed by atoms with E-state index in [4.69, 9.17) is 24.0 Å². The molecule has 2 N–H and O–H groups in total. The highest BCUT2D eigenvalue weighted by Crippen LogP contribution is 2.35. The minimum absolute atomic E-state index is 0.0350. The summed E-state index contributed by atoms with van der Waals surface area (Å²) in [5.74, 6) is -0.501. The molecule has 0 fully saturated rings. The van der Waals surface area contributed by atoms with E-state index in [-0.39, 0.29) is 45.2 Å². The number of ether oxygens (including phenoxy) is 3. The third-order valence-corrected chi connectivity index (χ3v) is 2.22. The van der Waals surface area contributed by atoms with Crippen LogP contribution in [0.5, 0.6) is 0 Å². The van der Waals surface area contributed by atoms with E-state index < -0.39 is 13.8 Å². The molecule has 8 nitrogen and oxygen atoms in total. The van der Waals surface area contributed by atoms with Gasteiger partial charge >= 0.3 is 13.8 Å². The zero-order valence-corrected chi connectivity index (χ0v) is 11.6. The van der Waals surface area contributed by atoms with Crippen LogP contribution in [-0.4, -0.2) is 55.4 Å². The highest BCUT2D eigenvalue weighted by molar-refractivity contribution is 7.46. The first-order chi connectivity index (χ1) is 8.87. The van der Waals surface area contributed by atoms with Crippen molar-refractivity contribution in [3.63, 3.8) is 0 Å². The Morgan fingerprint density at radius 2 is 1.74 bits per heavy atom. The number of hydrogen-bond donors (Lipinski definition) is 2. The van der Waals surface area contributed by atoms with Gasteiger partial charge < -0.3 is 24.0 Å². The van der Waals surface area contributed by atoms with Gasteiger partial charge in [0.1, 0.15) is 0 Å². The van der Waals surface area contributed by atoms with Crippen molar-refractivity contribution >= 4 is 13.8 Å². The van der Waals surface area contributed by atoms with Crippen molar-refractivity contribution in [3.05, 3.63) is 12.2 Å². The van der Waals surface area contributed by atoms with Crippen molar-refractivity contribution < 1.29 is 37.9 Å². The normalized spacial score (nSPS) is 11.3. The molecular formula is C10H19O8P. The average molecular weight is 298 g/mol. The fourth-order valence-electron chi connectivity index (χ4n) is 0.922. The van der Waals surface area contributed by atoms with Crippen LogP contribution in [0.4, 0.5) is 0 Å². The largest absolute Gasteiger partial charge is 0.469 e. The Bertz CT molecular complexity index is 323. The summed E-state index contributed by atoms with van der Waals surface area (Å²) >= 11 is 0. The molecule has 0 aromatic rings. The van der Waals surface area contributed by atoms with Crippen LogP contribution < -0.4 is 0 Å². The molecule has 112 valence electrons. The van der Waals surface area contributed by atoms with Crippen LogP contribution in [0.15, 0.2) is 12.2 Å². The van der Waals surface area contributed by atoms with E-state index >= 15 is 0 Å². The van der Waals surface area contributed by atoms with Gasteiger partial charge in [0.25, 0.3) is 0 Å². The van der Waals surface area contributed by atoms with Crippen LogP contribution in [-0.2, 0) is 28.1 Å². The molecule has 0 aliphatic carbocycles. The van der Waals surface area contributed by atoms with E-state index in [1.807, 2.05) is 0 Å². The van der Waals surface area contributed by atoms with Crippen molar-refractivity contribution in [2.75, 3.05) is 39.6 Å².